The van der Waals surface area contributed by atoms with E-state index in [1.165, 1.54) is 9.71 Å². The van der Waals surface area contributed by atoms with Crippen molar-refractivity contribution in [3.8, 4) is 0 Å². The molecule has 2 heterocycles. The first-order valence-corrected chi connectivity index (χ1v) is 8.75. The minimum atomic E-state index is 0.339. The molecule has 2 aliphatic rings. The van der Waals surface area contributed by atoms with Crippen LogP contribution in [0.4, 0.5) is 0 Å². The number of rotatable bonds is 2. The first kappa shape index (κ1) is 13.5. The van der Waals surface area contributed by atoms with E-state index in [1.54, 1.807) is 11.3 Å². The van der Waals surface area contributed by atoms with E-state index in [1.807, 2.05) is 18.2 Å². The molecule has 2 aromatic rings. The maximum Gasteiger partial charge on any atom is 0.225 e. The van der Waals surface area contributed by atoms with E-state index >= 15 is 0 Å². The molecule has 1 aliphatic heterocycles. The van der Waals surface area contributed by atoms with Gasteiger partial charge in [-0.05, 0) is 43.9 Å². The lowest BCUT2D eigenvalue weighted by Gasteiger charge is -2.31. The molecule has 1 saturated carbocycles. The number of nitrogens with zero attached hydrogens (tertiary/aromatic N) is 2. The highest BCUT2D eigenvalue weighted by Gasteiger charge is 2.35. The fourth-order valence-corrected chi connectivity index (χ4v) is 4.31. The van der Waals surface area contributed by atoms with Gasteiger partial charge in [-0.3, -0.25) is 4.79 Å². The highest BCUT2D eigenvalue weighted by Crippen LogP contribution is 2.37. The van der Waals surface area contributed by atoms with Crippen LogP contribution in [0.5, 0.6) is 0 Å². The molecule has 4 rings (SSSR count). The molecule has 0 unspecified atom stereocenters. The van der Waals surface area contributed by atoms with Crippen LogP contribution in [0.3, 0.4) is 0 Å². The fraction of sp³-hybridized carbons (Fsp3) is 0.500. The van der Waals surface area contributed by atoms with Crippen molar-refractivity contribution in [3.05, 3.63) is 28.2 Å². The molecule has 2 fully saturated rings. The zero-order chi connectivity index (χ0) is 14.4. The maximum absolute atomic E-state index is 12.1. The number of carbonyl (C=O) groups is 1. The van der Waals surface area contributed by atoms with Crippen molar-refractivity contribution in [2.45, 2.75) is 31.6 Å². The number of likely N-dealkylation sites (tertiary alicyclic amines) is 1. The Morgan fingerprint density at radius 2 is 2.00 bits per heavy atom. The van der Waals surface area contributed by atoms with Gasteiger partial charge in [-0.15, -0.1) is 11.3 Å². The summed E-state index contributed by atoms with van der Waals surface area (Å²) in [5.41, 5.74) is 0.999. The zero-order valence-electron chi connectivity index (χ0n) is 11.7. The molecule has 0 bridgehead atoms. The second-order valence-corrected chi connectivity index (χ2v) is 7.54. The van der Waals surface area contributed by atoms with Crippen LogP contribution in [0.25, 0.3) is 10.2 Å². The zero-order valence-corrected chi connectivity index (χ0v) is 13.3. The molecule has 1 aromatic carbocycles. The molecule has 1 aliphatic carbocycles. The van der Waals surface area contributed by atoms with E-state index in [0.717, 1.165) is 49.3 Å². The van der Waals surface area contributed by atoms with E-state index < -0.39 is 0 Å². The van der Waals surface area contributed by atoms with Crippen LogP contribution in [0.2, 0.25) is 5.02 Å². The third-order valence-corrected chi connectivity index (χ3v) is 5.88. The van der Waals surface area contributed by atoms with Crippen molar-refractivity contribution in [1.29, 1.82) is 0 Å². The predicted molar refractivity (Wildman–Crippen MR) is 85.9 cm³/mol. The summed E-state index contributed by atoms with van der Waals surface area (Å²) < 4.78 is 1.20. The summed E-state index contributed by atoms with van der Waals surface area (Å²) in [5.74, 6) is 1.21. The van der Waals surface area contributed by atoms with Crippen LogP contribution in [0.1, 0.15) is 36.6 Å². The van der Waals surface area contributed by atoms with Gasteiger partial charge in [0.2, 0.25) is 5.91 Å². The summed E-state index contributed by atoms with van der Waals surface area (Å²) >= 11 is 7.79. The average molecular weight is 321 g/mol. The van der Waals surface area contributed by atoms with E-state index in [4.69, 9.17) is 16.6 Å². The number of thiazole rings is 1. The summed E-state index contributed by atoms with van der Waals surface area (Å²) in [6.45, 7) is 1.77. The summed E-state index contributed by atoms with van der Waals surface area (Å²) in [6.07, 6.45) is 4.26. The SMILES string of the molecule is O=C(C1CC1)N1CCC(c2nc3cc(Cl)ccc3s2)CC1. The van der Waals surface area contributed by atoms with Gasteiger partial charge in [-0.2, -0.15) is 0 Å². The number of amides is 1. The van der Waals surface area contributed by atoms with Gasteiger partial charge in [-0.1, -0.05) is 11.6 Å². The van der Waals surface area contributed by atoms with E-state index in [-0.39, 0.29) is 0 Å². The Bertz CT molecular complexity index is 687. The largest absolute Gasteiger partial charge is 0.342 e. The van der Waals surface area contributed by atoms with E-state index in [2.05, 4.69) is 4.90 Å². The molecule has 0 N–H and O–H groups in total. The standard InChI is InChI=1S/C16H17ClN2OS/c17-12-3-4-14-13(9-12)18-15(21-14)10-5-7-19(8-6-10)16(20)11-1-2-11/h3-4,9-11H,1-2,5-8H2. The minimum Gasteiger partial charge on any atom is -0.342 e. The monoisotopic (exact) mass is 320 g/mol. The van der Waals surface area contributed by atoms with Gasteiger partial charge in [0.25, 0.3) is 0 Å². The van der Waals surface area contributed by atoms with E-state index in [9.17, 15) is 4.79 Å². The average Bonchev–Trinajstić information content (AvgIpc) is 3.26. The molecule has 0 spiro atoms. The van der Waals surface area contributed by atoms with Gasteiger partial charge in [0, 0.05) is 29.9 Å². The molecule has 0 radical (unpaired) electrons. The van der Waals surface area contributed by atoms with Gasteiger partial charge in [0.1, 0.15) is 0 Å². The smallest absolute Gasteiger partial charge is 0.225 e. The van der Waals surface area contributed by atoms with Crippen LogP contribution in [0, 0.1) is 5.92 Å². The molecule has 3 nitrogen and oxygen atoms in total. The predicted octanol–water partition coefficient (Wildman–Crippen LogP) is 4.07. The van der Waals surface area contributed by atoms with Crippen LogP contribution in [-0.2, 0) is 4.79 Å². The van der Waals surface area contributed by atoms with Crippen LogP contribution in [0.15, 0.2) is 18.2 Å². The molecule has 1 aromatic heterocycles. The number of carbonyl (C=O) groups excluding carboxylic acids is 1. The second-order valence-electron chi connectivity index (χ2n) is 6.04. The molecule has 5 heteroatoms. The molecule has 110 valence electrons. The summed E-state index contributed by atoms with van der Waals surface area (Å²) in [6, 6.07) is 5.90. The molecular weight excluding hydrogens is 304 g/mol. The maximum atomic E-state index is 12.1. The lowest BCUT2D eigenvalue weighted by molar-refractivity contribution is -0.133. The number of piperidine rings is 1. The van der Waals surface area contributed by atoms with Crippen molar-refractivity contribution in [3.63, 3.8) is 0 Å². The molecule has 1 saturated heterocycles. The minimum absolute atomic E-state index is 0.339. The fourth-order valence-electron chi connectivity index (χ4n) is 3.03. The Morgan fingerprint density at radius 3 is 2.71 bits per heavy atom. The first-order valence-electron chi connectivity index (χ1n) is 7.55. The van der Waals surface area contributed by atoms with Crippen LogP contribution < -0.4 is 0 Å². The Labute approximate surface area is 132 Å². The van der Waals surface area contributed by atoms with Crippen LogP contribution >= 0.6 is 22.9 Å². The van der Waals surface area contributed by atoms with Crippen LogP contribution in [-0.4, -0.2) is 28.9 Å². The van der Waals surface area contributed by atoms with Crippen molar-refractivity contribution >= 4 is 39.1 Å². The topological polar surface area (TPSA) is 33.2 Å². The Morgan fingerprint density at radius 1 is 1.24 bits per heavy atom. The first-order chi connectivity index (χ1) is 10.2. The highest BCUT2D eigenvalue weighted by atomic mass is 35.5. The van der Waals surface area contributed by atoms with Gasteiger partial charge in [0.05, 0.1) is 15.2 Å². The number of aromatic nitrogens is 1. The quantitative estimate of drug-likeness (QED) is 0.835. The third-order valence-electron chi connectivity index (χ3n) is 4.45. The van der Waals surface area contributed by atoms with Gasteiger partial charge in [-0.25, -0.2) is 4.98 Å². The summed E-state index contributed by atoms with van der Waals surface area (Å²) in [5, 5.41) is 1.94. The van der Waals surface area contributed by atoms with Crippen molar-refractivity contribution in [2.24, 2.45) is 5.92 Å². The van der Waals surface area contributed by atoms with Gasteiger partial charge in [0.15, 0.2) is 0 Å². The number of halogens is 1. The molecule has 1 amide bonds. The lowest BCUT2D eigenvalue weighted by atomic mass is 9.97. The molecule has 0 atom stereocenters. The Balaban J connectivity index is 1.48. The van der Waals surface area contributed by atoms with Gasteiger partial charge < -0.3 is 4.90 Å². The lowest BCUT2D eigenvalue weighted by Crippen LogP contribution is -2.38. The highest BCUT2D eigenvalue weighted by molar-refractivity contribution is 7.18. The molecular formula is C16H17ClN2OS. The number of hydrogen-bond donors (Lipinski definition) is 0. The van der Waals surface area contributed by atoms with Crippen molar-refractivity contribution < 1.29 is 4.79 Å². The third kappa shape index (κ3) is 2.67. The number of benzene rings is 1. The van der Waals surface area contributed by atoms with E-state index in [0.29, 0.717) is 17.7 Å². The molecule has 21 heavy (non-hydrogen) atoms. The number of hydrogen-bond acceptors (Lipinski definition) is 3. The van der Waals surface area contributed by atoms with Crippen molar-refractivity contribution in [2.75, 3.05) is 13.1 Å². The normalized spacial score (nSPS) is 20.1. The number of fused-ring (bicyclic) bond motifs is 1. The van der Waals surface area contributed by atoms with Crippen molar-refractivity contribution in [1.82, 2.24) is 9.88 Å². The van der Waals surface area contributed by atoms with Gasteiger partial charge >= 0.3 is 0 Å². The Kier molecular flexibility index (Phi) is 3.38. The summed E-state index contributed by atoms with van der Waals surface area (Å²) in [7, 11) is 0. The Hall–Kier alpha value is -1.13. The second kappa shape index (κ2) is 5.25. The summed E-state index contributed by atoms with van der Waals surface area (Å²) in [4.78, 5) is 18.9.